The van der Waals surface area contributed by atoms with Gasteiger partial charge in [-0.25, -0.2) is 14.5 Å². The molecule has 8 nitrogen and oxygen atoms in total. The number of nitrogens with zero attached hydrogens (tertiary/aromatic N) is 5. The van der Waals surface area contributed by atoms with E-state index in [1.807, 2.05) is 31.2 Å². The summed E-state index contributed by atoms with van der Waals surface area (Å²) >= 11 is 1.62. The number of hydrogen-bond acceptors (Lipinski definition) is 5. The van der Waals surface area contributed by atoms with E-state index in [-0.39, 0.29) is 17.8 Å². The molecule has 5 rings (SSSR count). The molecule has 0 radical (unpaired) electrons. The Bertz CT molecular complexity index is 1650. The van der Waals surface area contributed by atoms with Crippen LogP contribution in [0, 0.1) is 6.92 Å². The van der Waals surface area contributed by atoms with Gasteiger partial charge in [0.1, 0.15) is 12.1 Å². The van der Waals surface area contributed by atoms with E-state index in [9.17, 15) is 18.0 Å². The van der Waals surface area contributed by atoms with Crippen molar-refractivity contribution < 1.29 is 22.7 Å². The molecule has 1 N–H and O–H groups in total. The number of hydrogen-bond donors (Lipinski definition) is 1. The molecule has 0 aliphatic carbocycles. The van der Waals surface area contributed by atoms with Gasteiger partial charge in [0.15, 0.2) is 11.0 Å². The van der Waals surface area contributed by atoms with Gasteiger partial charge >= 0.3 is 12.4 Å². The zero-order chi connectivity index (χ0) is 32.7. The number of amides is 2. The van der Waals surface area contributed by atoms with Crippen molar-refractivity contribution >= 4 is 28.6 Å². The molecule has 1 saturated heterocycles. The third-order valence-corrected chi connectivity index (χ3v) is 8.49. The van der Waals surface area contributed by atoms with Crippen molar-refractivity contribution in [3.63, 3.8) is 0 Å². The summed E-state index contributed by atoms with van der Waals surface area (Å²) < 4.78 is 42.7. The molecular formula is C34H37F3N6O2S. The van der Waals surface area contributed by atoms with Crippen LogP contribution in [0.3, 0.4) is 0 Å². The molecular weight excluding hydrogens is 613 g/mol. The minimum Gasteiger partial charge on any atom is -0.406 e. The molecule has 1 aromatic heterocycles. The van der Waals surface area contributed by atoms with E-state index in [1.165, 1.54) is 46.4 Å². The van der Waals surface area contributed by atoms with Gasteiger partial charge in [-0.05, 0) is 86.6 Å². The number of rotatable bonds is 11. The van der Waals surface area contributed by atoms with Crippen molar-refractivity contribution in [1.29, 1.82) is 0 Å². The van der Waals surface area contributed by atoms with E-state index in [1.54, 1.807) is 11.8 Å². The summed E-state index contributed by atoms with van der Waals surface area (Å²) in [7, 11) is 0. The number of benzene rings is 3. The van der Waals surface area contributed by atoms with Gasteiger partial charge in [0.2, 0.25) is 0 Å². The quantitative estimate of drug-likeness (QED) is 0.177. The first-order chi connectivity index (χ1) is 22.1. The average molecular weight is 651 g/mol. The summed E-state index contributed by atoms with van der Waals surface area (Å²) in [5.41, 5.74) is 6.16. The second-order valence-corrected chi connectivity index (χ2v) is 12.3. The number of aryl methyl sites for hydroxylation is 3. The van der Waals surface area contributed by atoms with Gasteiger partial charge in [-0.15, -0.1) is 18.3 Å². The summed E-state index contributed by atoms with van der Waals surface area (Å²) in [4.78, 5) is 23.8. The zero-order valence-corrected chi connectivity index (χ0v) is 26.9. The molecule has 1 atom stereocenters. The number of carbonyl (C=O) groups excluding carboxylic acids is 1. The number of aromatic nitrogens is 3. The van der Waals surface area contributed by atoms with E-state index in [0.29, 0.717) is 11.5 Å². The minimum absolute atomic E-state index is 0.0205. The summed E-state index contributed by atoms with van der Waals surface area (Å²) in [6.07, 6.45) is 1.37. The van der Waals surface area contributed by atoms with Crippen molar-refractivity contribution in [2.45, 2.75) is 65.3 Å². The van der Waals surface area contributed by atoms with Crippen LogP contribution in [0.5, 0.6) is 5.75 Å². The number of ether oxygens (including phenoxy) is 1. The molecule has 3 aromatic carbocycles. The third kappa shape index (κ3) is 8.90. The van der Waals surface area contributed by atoms with Crippen molar-refractivity contribution in [1.82, 2.24) is 20.1 Å². The Morgan fingerprint density at radius 2 is 1.85 bits per heavy atom. The lowest BCUT2D eigenvalue weighted by atomic mass is 10.0. The summed E-state index contributed by atoms with van der Waals surface area (Å²) in [5.74, 6) is 1.10. The van der Waals surface area contributed by atoms with Crippen molar-refractivity contribution in [3.05, 3.63) is 89.7 Å². The monoisotopic (exact) mass is 650 g/mol. The number of carbonyl (C=O) groups is 1. The number of thioether (sulfide) groups is 1. The van der Waals surface area contributed by atoms with Gasteiger partial charge in [0.25, 0.3) is 0 Å². The fourth-order valence-electron chi connectivity index (χ4n) is 5.28. The Balaban J connectivity index is 1.10. The highest BCUT2D eigenvalue weighted by atomic mass is 32.2. The largest absolute Gasteiger partial charge is 0.573 e. The summed E-state index contributed by atoms with van der Waals surface area (Å²) in [5, 5.41) is 8.24. The molecule has 242 valence electrons. The second kappa shape index (κ2) is 14.8. The summed E-state index contributed by atoms with van der Waals surface area (Å²) in [6.45, 7) is 7.09. The first-order valence-electron chi connectivity index (χ1n) is 15.3. The highest BCUT2D eigenvalue weighted by molar-refractivity contribution is 8.14. The molecule has 2 amide bonds. The maximum atomic E-state index is 12.8. The SMILES string of the molecule is CCCc1ccc(C)cc1N1CCSC1=NC(=O)NC(C)CCCc1ccc(-c2ncn(-c3ccc(OC(F)(F)F)cc3)n2)cc1. The van der Waals surface area contributed by atoms with Crippen LogP contribution in [0.15, 0.2) is 78.0 Å². The second-order valence-electron chi connectivity index (χ2n) is 11.3. The Morgan fingerprint density at radius 3 is 2.57 bits per heavy atom. The van der Waals surface area contributed by atoms with Gasteiger partial charge in [-0.2, -0.15) is 4.99 Å². The predicted molar refractivity (Wildman–Crippen MR) is 177 cm³/mol. The van der Waals surface area contributed by atoms with Crippen molar-refractivity contribution in [2.75, 3.05) is 17.2 Å². The molecule has 12 heteroatoms. The topological polar surface area (TPSA) is 84.6 Å². The molecule has 4 aromatic rings. The normalized spacial score (nSPS) is 14.9. The average Bonchev–Trinajstić information content (AvgIpc) is 3.68. The number of anilines is 1. The Morgan fingerprint density at radius 1 is 1.09 bits per heavy atom. The molecule has 0 bridgehead atoms. The van der Waals surface area contributed by atoms with E-state index >= 15 is 0 Å². The van der Waals surface area contributed by atoms with Crippen LogP contribution < -0.4 is 15.0 Å². The first kappa shape index (κ1) is 33.1. The summed E-state index contributed by atoms with van der Waals surface area (Å²) in [6, 6.07) is 19.5. The molecule has 1 aliphatic rings. The number of aliphatic imine (C=N–C) groups is 1. The maximum absolute atomic E-state index is 12.8. The van der Waals surface area contributed by atoms with Gasteiger partial charge in [-0.1, -0.05) is 61.5 Å². The number of urea groups is 1. The van der Waals surface area contributed by atoms with Gasteiger partial charge in [-0.3, -0.25) is 0 Å². The van der Waals surface area contributed by atoms with E-state index in [4.69, 9.17) is 0 Å². The lowest BCUT2D eigenvalue weighted by molar-refractivity contribution is -0.274. The highest BCUT2D eigenvalue weighted by Crippen LogP contribution is 2.31. The van der Waals surface area contributed by atoms with Crippen LogP contribution in [0.4, 0.5) is 23.7 Å². The zero-order valence-electron chi connectivity index (χ0n) is 26.1. The molecule has 1 fully saturated rings. The smallest absolute Gasteiger partial charge is 0.406 e. The fraction of sp³-hybridized carbons (Fsp3) is 0.353. The number of nitrogens with one attached hydrogen (secondary N) is 1. The Kier molecular flexibility index (Phi) is 10.7. The molecule has 46 heavy (non-hydrogen) atoms. The van der Waals surface area contributed by atoms with Crippen LogP contribution in [0.2, 0.25) is 0 Å². The van der Waals surface area contributed by atoms with Crippen LogP contribution in [0.1, 0.15) is 49.8 Å². The van der Waals surface area contributed by atoms with E-state index in [2.05, 4.69) is 62.1 Å². The molecule has 1 unspecified atom stereocenters. The highest BCUT2D eigenvalue weighted by Gasteiger charge is 2.31. The van der Waals surface area contributed by atoms with E-state index in [0.717, 1.165) is 66.4 Å². The van der Waals surface area contributed by atoms with Gasteiger partial charge in [0, 0.05) is 29.6 Å². The molecule has 0 spiro atoms. The molecule has 0 saturated carbocycles. The van der Waals surface area contributed by atoms with E-state index < -0.39 is 6.36 Å². The number of alkyl halides is 3. The number of amidine groups is 1. The Hall–Kier alpha value is -4.32. The minimum atomic E-state index is -4.74. The Labute approximate surface area is 271 Å². The van der Waals surface area contributed by atoms with Crippen LogP contribution in [0.25, 0.3) is 17.1 Å². The van der Waals surface area contributed by atoms with Gasteiger partial charge in [0.05, 0.1) is 5.69 Å². The maximum Gasteiger partial charge on any atom is 0.573 e. The van der Waals surface area contributed by atoms with Crippen LogP contribution >= 0.6 is 11.8 Å². The fourth-order valence-corrected chi connectivity index (χ4v) is 6.23. The van der Waals surface area contributed by atoms with Crippen LogP contribution in [-0.4, -0.2) is 50.7 Å². The standard InChI is InChI=1S/C34H37F3N6O2S/c1-4-6-26-12-9-23(2)21-30(26)42-19-20-46-33(42)40-32(44)39-24(3)7-5-8-25-10-13-27(14-11-25)31-38-22-43(41-31)28-15-17-29(18-16-28)45-34(35,36)37/h9-18,21-22,24H,4-8,19-20H2,1-3H3,(H,39,44). The van der Waals surface area contributed by atoms with Gasteiger partial charge < -0.3 is 15.0 Å². The van der Waals surface area contributed by atoms with Crippen molar-refractivity contribution in [2.24, 2.45) is 4.99 Å². The number of halogens is 3. The molecule has 2 heterocycles. The molecule has 1 aliphatic heterocycles. The van der Waals surface area contributed by atoms with Crippen molar-refractivity contribution in [3.8, 4) is 22.8 Å². The first-order valence-corrected chi connectivity index (χ1v) is 16.3. The predicted octanol–water partition coefficient (Wildman–Crippen LogP) is 8.12. The lowest BCUT2D eigenvalue weighted by Gasteiger charge is -2.22. The van der Waals surface area contributed by atoms with Crippen LogP contribution in [-0.2, 0) is 12.8 Å². The third-order valence-electron chi connectivity index (χ3n) is 7.54. The lowest BCUT2D eigenvalue weighted by Crippen LogP contribution is -2.33.